The summed E-state index contributed by atoms with van der Waals surface area (Å²) in [7, 11) is 1.89. The molecule has 2 rings (SSSR count). The normalized spacial score (nSPS) is 27.8. The van der Waals surface area contributed by atoms with Gasteiger partial charge in [0.25, 0.3) is 0 Å². The van der Waals surface area contributed by atoms with Crippen LogP contribution in [0.3, 0.4) is 0 Å². The van der Waals surface area contributed by atoms with Gasteiger partial charge in [-0.1, -0.05) is 0 Å². The average Bonchev–Trinajstić information content (AvgIpc) is 2.72. The van der Waals surface area contributed by atoms with Crippen LogP contribution in [-0.2, 0) is 0 Å². The molecule has 0 N–H and O–H groups in total. The van der Waals surface area contributed by atoms with Gasteiger partial charge in [0.1, 0.15) is 6.17 Å². The molecule has 1 aliphatic rings. The van der Waals surface area contributed by atoms with Gasteiger partial charge in [0.05, 0.1) is 24.0 Å². The van der Waals surface area contributed by atoms with E-state index in [1.54, 1.807) is 6.20 Å². The number of halogens is 1. The maximum Gasteiger partial charge on any atom is 0.162 e. The zero-order valence-corrected chi connectivity index (χ0v) is 8.30. The van der Waals surface area contributed by atoms with Gasteiger partial charge in [-0.3, -0.25) is 0 Å². The minimum atomic E-state index is -0.702. The molecule has 0 radical (unpaired) electrons. The van der Waals surface area contributed by atoms with Crippen molar-refractivity contribution in [3.63, 3.8) is 0 Å². The summed E-state index contributed by atoms with van der Waals surface area (Å²) in [6.45, 7) is 0. The van der Waals surface area contributed by atoms with Crippen LogP contribution in [0.15, 0.2) is 6.20 Å². The van der Waals surface area contributed by atoms with Crippen LogP contribution in [0.4, 0.5) is 10.2 Å². The second-order valence-electron chi connectivity index (χ2n) is 3.39. The summed E-state index contributed by atoms with van der Waals surface area (Å²) in [4.78, 5) is 1.90. The molecule has 1 fully saturated rings. The first-order valence-corrected chi connectivity index (χ1v) is 5.16. The summed E-state index contributed by atoms with van der Waals surface area (Å²) in [6.07, 6.45) is 3.58. The van der Waals surface area contributed by atoms with Crippen molar-refractivity contribution in [1.29, 1.82) is 0 Å². The molecule has 0 aliphatic heterocycles. The maximum absolute atomic E-state index is 13.3. The van der Waals surface area contributed by atoms with Crippen LogP contribution in [0.5, 0.6) is 0 Å². The van der Waals surface area contributed by atoms with E-state index in [2.05, 4.69) is 8.75 Å². The standard InChI is InChI=1S/C8H12FN3S/c1-12(8-5-10-13-11-8)7-4-2-3-6(7)9/h5-7H,2-4H2,1H3/t6-,7-/m1/s1. The van der Waals surface area contributed by atoms with Crippen molar-refractivity contribution in [3.05, 3.63) is 6.20 Å². The van der Waals surface area contributed by atoms with E-state index in [0.717, 1.165) is 30.4 Å². The fraction of sp³-hybridized carbons (Fsp3) is 0.750. The topological polar surface area (TPSA) is 29.0 Å². The molecule has 1 aromatic heterocycles. The predicted molar refractivity (Wildman–Crippen MR) is 50.8 cm³/mol. The molecule has 0 bridgehead atoms. The molecule has 0 unspecified atom stereocenters. The lowest BCUT2D eigenvalue weighted by atomic mass is 10.2. The van der Waals surface area contributed by atoms with Crippen molar-refractivity contribution in [1.82, 2.24) is 8.75 Å². The average molecular weight is 201 g/mol. The summed E-state index contributed by atoms with van der Waals surface area (Å²) < 4.78 is 21.3. The Morgan fingerprint density at radius 1 is 1.62 bits per heavy atom. The zero-order valence-electron chi connectivity index (χ0n) is 7.48. The van der Waals surface area contributed by atoms with E-state index in [9.17, 15) is 4.39 Å². The fourth-order valence-corrected chi connectivity index (χ4v) is 2.26. The molecule has 0 amide bonds. The Morgan fingerprint density at radius 2 is 2.46 bits per heavy atom. The minimum absolute atomic E-state index is 0.00361. The Bertz CT molecular complexity index is 264. The number of nitrogens with zero attached hydrogens (tertiary/aromatic N) is 3. The summed E-state index contributed by atoms with van der Waals surface area (Å²) in [6, 6.07) is 0.00361. The minimum Gasteiger partial charge on any atom is -0.352 e. The van der Waals surface area contributed by atoms with Crippen molar-refractivity contribution in [2.75, 3.05) is 11.9 Å². The lowest BCUT2D eigenvalue weighted by Crippen LogP contribution is -2.35. The number of alkyl halides is 1. The molecule has 1 aliphatic carbocycles. The molecule has 3 nitrogen and oxygen atoms in total. The number of aromatic nitrogens is 2. The maximum atomic E-state index is 13.3. The van der Waals surface area contributed by atoms with Crippen molar-refractivity contribution < 1.29 is 4.39 Å². The smallest absolute Gasteiger partial charge is 0.162 e. The van der Waals surface area contributed by atoms with Gasteiger partial charge in [-0.15, -0.1) is 0 Å². The molecule has 0 spiro atoms. The summed E-state index contributed by atoms with van der Waals surface area (Å²) >= 11 is 1.16. The van der Waals surface area contributed by atoms with Gasteiger partial charge in [-0.2, -0.15) is 8.75 Å². The van der Waals surface area contributed by atoms with Crippen LogP contribution < -0.4 is 4.90 Å². The number of rotatable bonds is 2. The van der Waals surface area contributed by atoms with E-state index < -0.39 is 6.17 Å². The second kappa shape index (κ2) is 3.57. The molecular formula is C8H12FN3S. The van der Waals surface area contributed by atoms with Gasteiger partial charge in [0, 0.05) is 7.05 Å². The predicted octanol–water partition coefficient (Wildman–Crippen LogP) is 1.86. The van der Waals surface area contributed by atoms with Crippen molar-refractivity contribution in [2.45, 2.75) is 31.5 Å². The largest absolute Gasteiger partial charge is 0.352 e. The van der Waals surface area contributed by atoms with Gasteiger partial charge in [0.15, 0.2) is 5.82 Å². The zero-order chi connectivity index (χ0) is 9.26. The summed E-state index contributed by atoms with van der Waals surface area (Å²) in [5.74, 6) is 0.791. The van der Waals surface area contributed by atoms with Crippen LogP contribution >= 0.6 is 11.7 Å². The Hall–Kier alpha value is -0.710. The van der Waals surface area contributed by atoms with Crippen LogP contribution in [0.2, 0.25) is 0 Å². The monoisotopic (exact) mass is 201 g/mol. The second-order valence-corrected chi connectivity index (χ2v) is 3.95. The molecule has 13 heavy (non-hydrogen) atoms. The highest BCUT2D eigenvalue weighted by molar-refractivity contribution is 6.99. The number of hydrogen-bond acceptors (Lipinski definition) is 4. The first kappa shape index (κ1) is 8.87. The molecule has 1 aromatic rings. The lowest BCUT2D eigenvalue weighted by Gasteiger charge is -2.25. The van der Waals surface area contributed by atoms with Crippen LogP contribution in [0.25, 0.3) is 0 Å². The number of anilines is 1. The van der Waals surface area contributed by atoms with E-state index >= 15 is 0 Å². The molecule has 0 aromatic carbocycles. The Balaban J connectivity index is 2.08. The molecular weight excluding hydrogens is 189 g/mol. The Morgan fingerprint density at radius 3 is 3.00 bits per heavy atom. The fourth-order valence-electron chi connectivity index (χ4n) is 1.82. The lowest BCUT2D eigenvalue weighted by molar-refractivity contribution is 0.306. The van der Waals surface area contributed by atoms with Gasteiger partial charge < -0.3 is 4.90 Å². The summed E-state index contributed by atoms with van der Waals surface area (Å²) in [5.41, 5.74) is 0. The van der Waals surface area contributed by atoms with Gasteiger partial charge >= 0.3 is 0 Å². The summed E-state index contributed by atoms with van der Waals surface area (Å²) in [5, 5.41) is 0. The van der Waals surface area contributed by atoms with Gasteiger partial charge in [0.2, 0.25) is 0 Å². The third kappa shape index (κ3) is 1.65. The highest BCUT2D eigenvalue weighted by Gasteiger charge is 2.31. The van der Waals surface area contributed by atoms with E-state index in [-0.39, 0.29) is 6.04 Å². The molecule has 72 valence electrons. The van der Waals surface area contributed by atoms with E-state index in [4.69, 9.17) is 0 Å². The van der Waals surface area contributed by atoms with E-state index in [1.165, 1.54) is 0 Å². The van der Waals surface area contributed by atoms with Crippen LogP contribution in [0.1, 0.15) is 19.3 Å². The Labute approximate surface area is 80.9 Å². The highest BCUT2D eigenvalue weighted by atomic mass is 32.1. The van der Waals surface area contributed by atoms with Crippen LogP contribution in [0, 0.1) is 0 Å². The van der Waals surface area contributed by atoms with Crippen molar-refractivity contribution >= 4 is 17.5 Å². The van der Waals surface area contributed by atoms with E-state index in [0.29, 0.717) is 6.42 Å². The molecule has 1 saturated carbocycles. The third-order valence-electron chi connectivity index (χ3n) is 2.61. The third-order valence-corrected chi connectivity index (χ3v) is 3.07. The van der Waals surface area contributed by atoms with Crippen molar-refractivity contribution in [2.24, 2.45) is 0 Å². The Kier molecular flexibility index (Phi) is 2.44. The van der Waals surface area contributed by atoms with Gasteiger partial charge in [-0.05, 0) is 19.3 Å². The molecule has 5 heteroatoms. The SMILES string of the molecule is CN(c1cnsn1)[C@@H]1CCC[C@H]1F. The molecule has 0 saturated heterocycles. The first-order valence-electron chi connectivity index (χ1n) is 4.43. The van der Waals surface area contributed by atoms with Gasteiger partial charge in [-0.25, -0.2) is 4.39 Å². The molecule has 2 atom stereocenters. The first-order chi connectivity index (χ1) is 6.29. The van der Waals surface area contributed by atoms with E-state index in [1.807, 2.05) is 11.9 Å². The quantitative estimate of drug-likeness (QED) is 0.731. The molecule has 1 heterocycles. The number of hydrogen-bond donors (Lipinski definition) is 0. The van der Waals surface area contributed by atoms with Crippen molar-refractivity contribution in [3.8, 4) is 0 Å². The van der Waals surface area contributed by atoms with Crippen LogP contribution in [-0.4, -0.2) is 28.0 Å². The highest BCUT2D eigenvalue weighted by Crippen LogP contribution is 2.28.